The molecule has 96 valence electrons. The zero-order valence-corrected chi connectivity index (χ0v) is 10.6. The lowest BCUT2D eigenvalue weighted by Gasteiger charge is -2.14. The number of ether oxygens (including phenoxy) is 3. The smallest absolute Gasteiger partial charge is 0.119 e. The van der Waals surface area contributed by atoms with Crippen molar-refractivity contribution in [1.29, 1.82) is 0 Å². The van der Waals surface area contributed by atoms with Crippen LogP contribution in [-0.4, -0.2) is 37.6 Å². The van der Waals surface area contributed by atoms with E-state index in [1.807, 2.05) is 26.0 Å². The Morgan fingerprint density at radius 1 is 1.06 bits per heavy atom. The summed E-state index contributed by atoms with van der Waals surface area (Å²) in [5.74, 6) is 1.48. The molecule has 0 aliphatic rings. The molecule has 4 nitrogen and oxygen atoms in total. The Bertz CT molecular complexity index is 308. The Hall–Kier alpha value is -1.26. The Balaban J connectivity index is 2.29. The molecule has 1 rings (SSSR count). The van der Waals surface area contributed by atoms with Crippen molar-refractivity contribution in [3.8, 4) is 11.5 Å². The van der Waals surface area contributed by atoms with Gasteiger partial charge < -0.3 is 19.3 Å². The van der Waals surface area contributed by atoms with E-state index in [0.717, 1.165) is 5.75 Å². The first-order valence-electron chi connectivity index (χ1n) is 5.68. The number of hydrogen-bond donors (Lipinski definition) is 1. The van der Waals surface area contributed by atoms with Crippen molar-refractivity contribution in [3.05, 3.63) is 24.3 Å². The number of aliphatic hydroxyl groups excluding tert-OH is 1. The van der Waals surface area contributed by atoms with Crippen molar-refractivity contribution in [3.63, 3.8) is 0 Å². The highest BCUT2D eigenvalue weighted by molar-refractivity contribution is 5.31. The third-order valence-corrected chi connectivity index (χ3v) is 2.12. The highest BCUT2D eigenvalue weighted by atomic mass is 16.5. The SMILES string of the molecule is COc1ccc(OC[C@@H](O)COC(C)C)cc1. The molecule has 0 heterocycles. The summed E-state index contributed by atoms with van der Waals surface area (Å²) in [4.78, 5) is 0. The van der Waals surface area contributed by atoms with Gasteiger partial charge in [-0.15, -0.1) is 0 Å². The second-order valence-corrected chi connectivity index (χ2v) is 4.02. The molecule has 0 aromatic heterocycles. The van der Waals surface area contributed by atoms with E-state index in [2.05, 4.69) is 0 Å². The van der Waals surface area contributed by atoms with Crippen LogP contribution in [0.2, 0.25) is 0 Å². The van der Waals surface area contributed by atoms with Crippen LogP contribution in [0.15, 0.2) is 24.3 Å². The molecule has 0 saturated heterocycles. The molecule has 0 radical (unpaired) electrons. The first-order valence-corrected chi connectivity index (χ1v) is 5.68. The van der Waals surface area contributed by atoms with Crippen LogP contribution in [0, 0.1) is 0 Å². The van der Waals surface area contributed by atoms with Gasteiger partial charge in [-0.25, -0.2) is 0 Å². The predicted octanol–water partition coefficient (Wildman–Crippen LogP) is 1.86. The predicted molar refractivity (Wildman–Crippen MR) is 65.6 cm³/mol. The van der Waals surface area contributed by atoms with Crippen molar-refractivity contribution < 1.29 is 19.3 Å². The van der Waals surface area contributed by atoms with Gasteiger partial charge in [0, 0.05) is 0 Å². The van der Waals surface area contributed by atoms with Gasteiger partial charge in [0.05, 0.1) is 19.8 Å². The summed E-state index contributed by atoms with van der Waals surface area (Å²) in [5, 5.41) is 9.59. The van der Waals surface area contributed by atoms with E-state index in [4.69, 9.17) is 14.2 Å². The number of hydrogen-bond acceptors (Lipinski definition) is 4. The molecule has 4 heteroatoms. The molecule has 1 aromatic carbocycles. The summed E-state index contributed by atoms with van der Waals surface area (Å²) >= 11 is 0. The molecule has 0 fully saturated rings. The molecule has 0 spiro atoms. The average Bonchev–Trinajstić information content (AvgIpc) is 2.34. The van der Waals surface area contributed by atoms with Crippen LogP contribution < -0.4 is 9.47 Å². The maximum atomic E-state index is 9.59. The summed E-state index contributed by atoms with van der Waals surface area (Å²) in [5.41, 5.74) is 0. The molecular formula is C13H20O4. The standard InChI is InChI=1S/C13H20O4/c1-10(2)16-8-11(14)9-17-13-6-4-12(15-3)5-7-13/h4-7,10-11,14H,8-9H2,1-3H3/t11-/m0/s1. The quantitative estimate of drug-likeness (QED) is 0.790. The minimum atomic E-state index is -0.612. The van der Waals surface area contributed by atoms with Gasteiger partial charge >= 0.3 is 0 Å². The maximum Gasteiger partial charge on any atom is 0.119 e. The Kier molecular flexibility index (Phi) is 5.80. The largest absolute Gasteiger partial charge is 0.497 e. The molecular weight excluding hydrogens is 220 g/mol. The maximum absolute atomic E-state index is 9.59. The minimum Gasteiger partial charge on any atom is -0.497 e. The Labute approximate surface area is 102 Å². The lowest BCUT2D eigenvalue weighted by Crippen LogP contribution is -2.25. The van der Waals surface area contributed by atoms with Gasteiger partial charge in [0.15, 0.2) is 0 Å². The fourth-order valence-corrected chi connectivity index (χ4v) is 1.22. The molecule has 0 bridgehead atoms. The van der Waals surface area contributed by atoms with Crippen LogP contribution in [0.5, 0.6) is 11.5 Å². The topological polar surface area (TPSA) is 47.9 Å². The molecule has 0 unspecified atom stereocenters. The monoisotopic (exact) mass is 240 g/mol. The molecule has 0 saturated carbocycles. The van der Waals surface area contributed by atoms with E-state index in [1.165, 1.54) is 0 Å². The highest BCUT2D eigenvalue weighted by Gasteiger charge is 2.06. The van der Waals surface area contributed by atoms with Crippen LogP contribution in [0.3, 0.4) is 0 Å². The molecule has 0 aliphatic carbocycles. The summed E-state index contributed by atoms with van der Waals surface area (Å²) in [6.45, 7) is 4.36. The van der Waals surface area contributed by atoms with E-state index < -0.39 is 6.10 Å². The van der Waals surface area contributed by atoms with Gasteiger partial charge in [0.2, 0.25) is 0 Å². The number of aliphatic hydroxyl groups is 1. The second kappa shape index (κ2) is 7.14. The van der Waals surface area contributed by atoms with E-state index in [-0.39, 0.29) is 19.3 Å². The van der Waals surface area contributed by atoms with E-state index in [0.29, 0.717) is 5.75 Å². The molecule has 1 aromatic rings. The zero-order chi connectivity index (χ0) is 12.7. The van der Waals surface area contributed by atoms with Crippen molar-refractivity contribution in [1.82, 2.24) is 0 Å². The molecule has 0 amide bonds. The number of benzene rings is 1. The summed E-state index contributed by atoms with van der Waals surface area (Å²) in [6.07, 6.45) is -0.495. The molecule has 1 N–H and O–H groups in total. The Morgan fingerprint density at radius 2 is 1.65 bits per heavy atom. The fourth-order valence-electron chi connectivity index (χ4n) is 1.22. The first kappa shape index (κ1) is 13.8. The van der Waals surface area contributed by atoms with Crippen molar-refractivity contribution in [2.45, 2.75) is 26.1 Å². The third kappa shape index (κ3) is 5.56. The first-order chi connectivity index (χ1) is 8.11. The van der Waals surface area contributed by atoms with Crippen LogP contribution in [0.25, 0.3) is 0 Å². The van der Waals surface area contributed by atoms with Gasteiger partial charge in [-0.3, -0.25) is 0 Å². The highest BCUT2D eigenvalue weighted by Crippen LogP contribution is 2.17. The Morgan fingerprint density at radius 3 is 2.18 bits per heavy atom. The van der Waals surface area contributed by atoms with Crippen molar-refractivity contribution in [2.24, 2.45) is 0 Å². The van der Waals surface area contributed by atoms with Gasteiger partial charge in [-0.05, 0) is 38.1 Å². The van der Waals surface area contributed by atoms with E-state index >= 15 is 0 Å². The number of rotatable bonds is 7. The van der Waals surface area contributed by atoms with Crippen LogP contribution in [-0.2, 0) is 4.74 Å². The van der Waals surface area contributed by atoms with Gasteiger partial charge in [0.1, 0.15) is 24.2 Å². The summed E-state index contributed by atoms with van der Waals surface area (Å²) < 4.78 is 15.7. The van der Waals surface area contributed by atoms with Crippen molar-refractivity contribution in [2.75, 3.05) is 20.3 Å². The third-order valence-electron chi connectivity index (χ3n) is 2.12. The average molecular weight is 240 g/mol. The number of methoxy groups -OCH3 is 1. The normalized spacial score (nSPS) is 12.5. The van der Waals surface area contributed by atoms with Crippen LogP contribution in [0.4, 0.5) is 0 Å². The second-order valence-electron chi connectivity index (χ2n) is 4.02. The molecule has 0 aliphatic heterocycles. The van der Waals surface area contributed by atoms with E-state index in [1.54, 1.807) is 19.2 Å². The minimum absolute atomic E-state index is 0.116. The van der Waals surface area contributed by atoms with Crippen molar-refractivity contribution >= 4 is 0 Å². The zero-order valence-electron chi connectivity index (χ0n) is 10.6. The fraction of sp³-hybridized carbons (Fsp3) is 0.538. The van der Waals surface area contributed by atoms with Crippen LogP contribution >= 0.6 is 0 Å². The lowest BCUT2D eigenvalue weighted by atomic mass is 10.3. The van der Waals surface area contributed by atoms with Gasteiger partial charge in [-0.1, -0.05) is 0 Å². The van der Waals surface area contributed by atoms with Gasteiger partial charge in [-0.2, -0.15) is 0 Å². The van der Waals surface area contributed by atoms with E-state index in [9.17, 15) is 5.11 Å². The lowest BCUT2D eigenvalue weighted by molar-refractivity contribution is -0.0122. The summed E-state index contributed by atoms with van der Waals surface area (Å²) in [6, 6.07) is 7.22. The van der Waals surface area contributed by atoms with Crippen LogP contribution in [0.1, 0.15) is 13.8 Å². The van der Waals surface area contributed by atoms with Gasteiger partial charge in [0.25, 0.3) is 0 Å². The molecule has 1 atom stereocenters. The molecule has 17 heavy (non-hydrogen) atoms. The summed E-state index contributed by atoms with van der Waals surface area (Å²) in [7, 11) is 1.61.